The van der Waals surface area contributed by atoms with Crippen LogP contribution in [0.3, 0.4) is 0 Å². The summed E-state index contributed by atoms with van der Waals surface area (Å²) in [4.78, 5) is 6.57. The molecule has 0 fully saturated rings. The average Bonchev–Trinajstić information content (AvgIpc) is 2.37. The van der Waals surface area contributed by atoms with E-state index in [0.717, 1.165) is 19.5 Å². The molecule has 0 radical (unpaired) electrons. The molecule has 2 unspecified atom stereocenters. The van der Waals surface area contributed by atoms with Crippen molar-refractivity contribution in [2.75, 3.05) is 6.54 Å². The second-order valence-corrected chi connectivity index (χ2v) is 6.30. The van der Waals surface area contributed by atoms with Gasteiger partial charge in [0.2, 0.25) is 0 Å². The Labute approximate surface area is 118 Å². The molecule has 1 aromatic heterocycles. The zero-order chi connectivity index (χ0) is 14.5. The molecule has 0 saturated carbocycles. The molecule has 0 aromatic carbocycles. The van der Waals surface area contributed by atoms with Gasteiger partial charge in [0.25, 0.3) is 0 Å². The lowest BCUT2D eigenvalue weighted by Gasteiger charge is -2.43. The van der Waals surface area contributed by atoms with Crippen LogP contribution in [0.5, 0.6) is 0 Å². The Morgan fingerprint density at radius 2 is 1.79 bits per heavy atom. The first-order chi connectivity index (χ1) is 8.90. The van der Waals surface area contributed by atoms with Crippen molar-refractivity contribution in [3.05, 3.63) is 30.1 Å². The van der Waals surface area contributed by atoms with Gasteiger partial charge >= 0.3 is 0 Å². The van der Waals surface area contributed by atoms with Gasteiger partial charge in [0.05, 0.1) is 0 Å². The quantitative estimate of drug-likeness (QED) is 0.857. The smallest absolute Gasteiger partial charge is 0.0298 e. The summed E-state index contributed by atoms with van der Waals surface area (Å²) in [6.45, 7) is 13.2. The standard InChI is InChI=1S/C16H29N3/c1-6-14(17)15(16(3,4)5)19(7-2)12-13-8-10-18-11-9-13/h8-11,14-15H,6-7,12,17H2,1-5H3. The predicted octanol–water partition coefficient (Wildman–Crippen LogP) is 3.06. The molecule has 108 valence electrons. The van der Waals surface area contributed by atoms with Gasteiger partial charge in [-0.05, 0) is 36.1 Å². The van der Waals surface area contributed by atoms with Gasteiger partial charge in [0.1, 0.15) is 0 Å². The zero-order valence-electron chi connectivity index (χ0n) is 13.1. The van der Waals surface area contributed by atoms with Crippen LogP contribution in [0.1, 0.15) is 46.6 Å². The van der Waals surface area contributed by atoms with E-state index in [1.165, 1.54) is 5.56 Å². The van der Waals surface area contributed by atoms with E-state index in [9.17, 15) is 0 Å². The van der Waals surface area contributed by atoms with Crippen LogP contribution >= 0.6 is 0 Å². The number of pyridine rings is 1. The summed E-state index contributed by atoms with van der Waals surface area (Å²) < 4.78 is 0. The highest BCUT2D eigenvalue weighted by Crippen LogP contribution is 2.28. The molecule has 3 nitrogen and oxygen atoms in total. The van der Waals surface area contributed by atoms with E-state index in [2.05, 4.69) is 56.6 Å². The Morgan fingerprint density at radius 3 is 2.21 bits per heavy atom. The molecule has 0 aliphatic heterocycles. The van der Waals surface area contributed by atoms with Crippen LogP contribution in [-0.4, -0.2) is 28.5 Å². The Morgan fingerprint density at radius 1 is 1.21 bits per heavy atom. The number of nitrogens with zero attached hydrogens (tertiary/aromatic N) is 2. The molecule has 2 atom stereocenters. The topological polar surface area (TPSA) is 42.1 Å². The van der Waals surface area contributed by atoms with Gasteiger partial charge in [0.15, 0.2) is 0 Å². The van der Waals surface area contributed by atoms with Gasteiger partial charge in [-0.3, -0.25) is 9.88 Å². The maximum Gasteiger partial charge on any atom is 0.0298 e. The summed E-state index contributed by atoms with van der Waals surface area (Å²) in [5, 5.41) is 0. The summed E-state index contributed by atoms with van der Waals surface area (Å²) in [5.74, 6) is 0. The van der Waals surface area contributed by atoms with Gasteiger partial charge in [-0.2, -0.15) is 0 Å². The normalized spacial score (nSPS) is 15.5. The minimum atomic E-state index is 0.179. The van der Waals surface area contributed by atoms with Gasteiger partial charge in [-0.1, -0.05) is 34.6 Å². The van der Waals surface area contributed by atoms with Crippen molar-refractivity contribution in [3.63, 3.8) is 0 Å². The van der Waals surface area contributed by atoms with Crippen LogP contribution < -0.4 is 5.73 Å². The SMILES string of the molecule is CCC(N)C(N(CC)Cc1ccncc1)C(C)(C)C. The third kappa shape index (κ3) is 4.59. The molecule has 0 spiro atoms. The summed E-state index contributed by atoms with van der Waals surface area (Å²) in [6, 6.07) is 4.76. The molecular formula is C16H29N3. The summed E-state index contributed by atoms with van der Waals surface area (Å²) in [7, 11) is 0. The Hall–Kier alpha value is -0.930. The van der Waals surface area contributed by atoms with Crippen LogP contribution in [0, 0.1) is 5.41 Å². The van der Waals surface area contributed by atoms with Gasteiger partial charge < -0.3 is 5.73 Å². The van der Waals surface area contributed by atoms with Gasteiger partial charge in [-0.15, -0.1) is 0 Å². The van der Waals surface area contributed by atoms with Crippen molar-refractivity contribution in [1.82, 2.24) is 9.88 Å². The predicted molar refractivity (Wildman–Crippen MR) is 81.8 cm³/mol. The van der Waals surface area contributed by atoms with Gasteiger partial charge in [-0.25, -0.2) is 0 Å². The monoisotopic (exact) mass is 263 g/mol. The number of rotatable bonds is 6. The molecule has 1 aromatic rings. The average molecular weight is 263 g/mol. The number of likely N-dealkylation sites (N-methyl/N-ethyl adjacent to an activating group) is 1. The van der Waals surface area contributed by atoms with E-state index in [4.69, 9.17) is 5.73 Å². The lowest BCUT2D eigenvalue weighted by Crippen LogP contribution is -2.54. The highest BCUT2D eigenvalue weighted by atomic mass is 15.2. The van der Waals surface area contributed by atoms with E-state index >= 15 is 0 Å². The Balaban J connectivity index is 2.91. The highest BCUT2D eigenvalue weighted by Gasteiger charge is 2.33. The van der Waals surface area contributed by atoms with E-state index in [1.54, 1.807) is 0 Å². The van der Waals surface area contributed by atoms with E-state index in [1.807, 2.05) is 12.4 Å². The second kappa shape index (κ2) is 7.01. The molecule has 2 N–H and O–H groups in total. The molecule has 0 amide bonds. The third-order valence-electron chi connectivity index (χ3n) is 3.70. The molecule has 0 saturated heterocycles. The van der Waals surface area contributed by atoms with Crippen LogP contribution in [0.15, 0.2) is 24.5 Å². The van der Waals surface area contributed by atoms with E-state index in [-0.39, 0.29) is 11.5 Å². The van der Waals surface area contributed by atoms with Crippen LogP contribution in [0.4, 0.5) is 0 Å². The minimum absolute atomic E-state index is 0.179. The van der Waals surface area contributed by atoms with Crippen molar-refractivity contribution in [2.24, 2.45) is 11.1 Å². The lowest BCUT2D eigenvalue weighted by atomic mass is 9.80. The van der Waals surface area contributed by atoms with Gasteiger partial charge in [0, 0.05) is 31.0 Å². The van der Waals surface area contributed by atoms with Crippen molar-refractivity contribution in [1.29, 1.82) is 0 Å². The first-order valence-corrected chi connectivity index (χ1v) is 7.28. The fourth-order valence-corrected chi connectivity index (χ4v) is 2.81. The first-order valence-electron chi connectivity index (χ1n) is 7.28. The maximum absolute atomic E-state index is 6.38. The number of hydrogen-bond acceptors (Lipinski definition) is 3. The molecular weight excluding hydrogens is 234 g/mol. The molecule has 0 aliphatic carbocycles. The Bertz CT molecular complexity index is 356. The summed E-state index contributed by atoms with van der Waals surface area (Å²) in [6.07, 6.45) is 4.72. The number of hydrogen-bond donors (Lipinski definition) is 1. The van der Waals surface area contributed by atoms with E-state index < -0.39 is 0 Å². The second-order valence-electron chi connectivity index (χ2n) is 6.30. The van der Waals surface area contributed by atoms with Crippen molar-refractivity contribution >= 4 is 0 Å². The molecule has 19 heavy (non-hydrogen) atoms. The van der Waals surface area contributed by atoms with Crippen molar-refractivity contribution < 1.29 is 0 Å². The molecule has 3 heteroatoms. The zero-order valence-corrected chi connectivity index (χ0v) is 13.1. The maximum atomic E-state index is 6.38. The summed E-state index contributed by atoms with van der Waals surface area (Å²) >= 11 is 0. The number of aromatic nitrogens is 1. The highest BCUT2D eigenvalue weighted by molar-refractivity contribution is 5.10. The molecule has 1 heterocycles. The molecule has 0 aliphatic rings. The van der Waals surface area contributed by atoms with Crippen molar-refractivity contribution in [3.8, 4) is 0 Å². The minimum Gasteiger partial charge on any atom is -0.326 e. The third-order valence-corrected chi connectivity index (χ3v) is 3.70. The fraction of sp³-hybridized carbons (Fsp3) is 0.688. The van der Waals surface area contributed by atoms with E-state index in [0.29, 0.717) is 6.04 Å². The number of nitrogens with two attached hydrogens (primary N) is 1. The molecule has 0 bridgehead atoms. The van der Waals surface area contributed by atoms with Crippen LogP contribution in [0.2, 0.25) is 0 Å². The first kappa shape index (κ1) is 16.1. The fourth-order valence-electron chi connectivity index (χ4n) is 2.81. The largest absolute Gasteiger partial charge is 0.326 e. The summed E-state index contributed by atoms with van der Waals surface area (Å²) in [5.41, 5.74) is 7.86. The Kier molecular flexibility index (Phi) is 5.95. The van der Waals surface area contributed by atoms with Crippen LogP contribution in [-0.2, 0) is 6.54 Å². The lowest BCUT2D eigenvalue weighted by molar-refractivity contribution is 0.0742. The van der Waals surface area contributed by atoms with Crippen LogP contribution in [0.25, 0.3) is 0 Å². The molecule has 1 rings (SSSR count). The van der Waals surface area contributed by atoms with Crippen molar-refractivity contribution in [2.45, 2.75) is 59.7 Å².